The maximum absolute atomic E-state index is 12.4. The van der Waals surface area contributed by atoms with E-state index in [-0.39, 0.29) is 23.6 Å². The molecular formula is C17H24ClN3O3. The number of nitrogens with zero attached hydrogens (tertiary/aromatic N) is 2. The molecule has 1 fully saturated rings. The molecule has 0 aromatic heterocycles. The molecule has 2 unspecified atom stereocenters. The number of rotatable bonds is 6. The van der Waals surface area contributed by atoms with Crippen LogP contribution >= 0.6 is 11.6 Å². The Hall–Kier alpha value is -1.82. The lowest BCUT2D eigenvalue weighted by molar-refractivity contribution is -0.384. The number of halogens is 1. The number of nitrogens with one attached hydrogen (secondary N) is 1. The molecule has 0 bridgehead atoms. The highest BCUT2D eigenvalue weighted by Gasteiger charge is 2.29. The van der Waals surface area contributed by atoms with E-state index in [2.05, 4.69) is 12.2 Å². The van der Waals surface area contributed by atoms with Gasteiger partial charge in [0, 0.05) is 30.2 Å². The molecule has 1 aliphatic heterocycles. The molecule has 132 valence electrons. The average molecular weight is 354 g/mol. The zero-order chi connectivity index (χ0) is 17.7. The molecule has 1 saturated heterocycles. The highest BCUT2D eigenvalue weighted by Crippen LogP contribution is 2.33. The van der Waals surface area contributed by atoms with E-state index in [0.29, 0.717) is 23.8 Å². The lowest BCUT2D eigenvalue weighted by Gasteiger charge is -2.34. The maximum atomic E-state index is 12.4. The Bertz CT molecular complexity index is 609. The largest absolute Gasteiger partial charge is 0.365 e. The van der Waals surface area contributed by atoms with Gasteiger partial charge in [-0.2, -0.15) is 0 Å². The van der Waals surface area contributed by atoms with Gasteiger partial charge in [-0.15, -0.1) is 0 Å². The van der Waals surface area contributed by atoms with Gasteiger partial charge in [0.1, 0.15) is 5.69 Å². The Balaban J connectivity index is 2.11. The zero-order valence-corrected chi connectivity index (χ0v) is 14.9. The van der Waals surface area contributed by atoms with E-state index < -0.39 is 4.92 Å². The Morgan fingerprint density at radius 1 is 1.54 bits per heavy atom. The lowest BCUT2D eigenvalue weighted by Crippen LogP contribution is -2.45. The highest BCUT2D eigenvalue weighted by atomic mass is 35.5. The van der Waals surface area contributed by atoms with E-state index in [1.807, 2.05) is 11.8 Å². The maximum Gasteiger partial charge on any atom is 0.294 e. The molecule has 7 heteroatoms. The van der Waals surface area contributed by atoms with Gasteiger partial charge >= 0.3 is 0 Å². The number of anilines is 1. The molecule has 0 radical (unpaired) electrons. The van der Waals surface area contributed by atoms with Crippen molar-refractivity contribution >= 4 is 28.9 Å². The summed E-state index contributed by atoms with van der Waals surface area (Å²) in [5.74, 6) is -0.106. The molecule has 1 amide bonds. The molecule has 1 heterocycles. The first kappa shape index (κ1) is 18.5. The second kappa shape index (κ2) is 8.33. The molecule has 0 aliphatic carbocycles. The molecule has 2 atom stereocenters. The molecule has 1 aromatic carbocycles. The number of amides is 1. The summed E-state index contributed by atoms with van der Waals surface area (Å²) in [6.07, 6.45) is 3.61. The predicted octanol–water partition coefficient (Wildman–Crippen LogP) is 3.77. The number of carbonyl (C=O) groups is 1. The Kier molecular flexibility index (Phi) is 6.43. The van der Waals surface area contributed by atoms with Crippen molar-refractivity contribution in [1.82, 2.24) is 5.32 Å². The van der Waals surface area contributed by atoms with Crippen LogP contribution in [-0.4, -0.2) is 30.0 Å². The number of carbonyl (C=O) groups excluding carboxylic acids is 1. The van der Waals surface area contributed by atoms with E-state index in [1.165, 1.54) is 6.07 Å². The smallest absolute Gasteiger partial charge is 0.294 e. The van der Waals surface area contributed by atoms with Gasteiger partial charge in [0.15, 0.2) is 0 Å². The van der Waals surface area contributed by atoms with Crippen molar-refractivity contribution in [2.75, 3.05) is 18.0 Å². The zero-order valence-electron chi connectivity index (χ0n) is 14.1. The van der Waals surface area contributed by atoms with Crippen LogP contribution in [-0.2, 0) is 4.79 Å². The lowest BCUT2D eigenvalue weighted by atomic mass is 9.96. The van der Waals surface area contributed by atoms with Crippen molar-refractivity contribution in [3.63, 3.8) is 0 Å². The summed E-state index contributed by atoms with van der Waals surface area (Å²) in [7, 11) is 0. The number of nitro groups is 1. The summed E-state index contributed by atoms with van der Waals surface area (Å²) in [6.45, 7) is 5.29. The van der Waals surface area contributed by atoms with Crippen LogP contribution in [0.5, 0.6) is 0 Å². The normalized spacial score (nSPS) is 19.0. The molecule has 0 saturated carbocycles. The van der Waals surface area contributed by atoms with Crippen LogP contribution in [0, 0.1) is 16.0 Å². The van der Waals surface area contributed by atoms with Crippen molar-refractivity contribution in [2.24, 2.45) is 5.92 Å². The van der Waals surface area contributed by atoms with Crippen molar-refractivity contribution in [3.05, 3.63) is 33.3 Å². The summed E-state index contributed by atoms with van der Waals surface area (Å²) in [5.41, 5.74) is 0.520. The molecule has 2 rings (SSSR count). The van der Waals surface area contributed by atoms with Gasteiger partial charge < -0.3 is 10.2 Å². The Morgan fingerprint density at radius 3 is 2.96 bits per heavy atom. The summed E-state index contributed by atoms with van der Waals surface area (Å²) in [6, 6.07) is 4.84. The van der Waals surface area contributed by atoms with E-state index >= 15 is 0 Å². The first-order chi connectivity index (χ1) is 11.4. The monoisotopic (exact) mass is 353 g/mol. The minimum absolute atomic E-state index is 0.0112. The van der Waals surface area contributed by atoms with Crippen LogP contribution < -0.4 is 10.2 Å². The van der Waals surface area contributed by atoms with Crippen LogP contribution in [0.25, 0.3) is 0 Å². The minimum atomic E-state index is -0.422. The van der Waals surface area contributed by atoms with Crippen molar-refractivity contribution < 1.29 is 9.72 Å². The summed E-state index contributed by atoms with van der Waals surface area (Å²) >= 11 is 5.88. The Morgan fingerprint density at radius 2 is 2.29 bits per heavy atom. The van der Waals surface area contributed by atoms with E-state index in [9.17, 15) is 14.9 Å². The molecule has 6 nitrogen and oxygen atoms in total. The van der Waals surface area contributed by atoms with Crippen molar-refractivity contribution in [2.45, 2.75) is 45.6 Å². The van der Waals surface area contributed by atoms with Crippen LogP contribution in [0.3, 0.4) is 0 Å². The number of hydrogen-bond donors (Lipinski definition) is 1. The first-order valence-electron chi connectivity index (χ1n) is 8.41. The minimum Gasteiger partial charge on any atom is -0.365 e. The average Bonchev–Trinajstić information content (AvgIpc) is 2.55. The second-order valence-corrected chi connectivity index (χ2v) is 6.81. The van der Waals surface area contributed by atoms with Gasteiger partial charge in [0.05, 0.1) is 10.8 Å². The number of nitro benzene ring substituents is 1. The van der Waals surface area contributed by atoms with Crippen LogP contribution in [0.4, 0.5) is 11.4 Å². The van der Waals surface area contributed by atoms with Crippen molar-refractivity contribution in [3.8, 4) is 0 Å². The summed E-state index contributed by atoms with van der Waals surface area (Å²) < 4.78 is 0. The first-order valence-corrected chi connectivity index (χ1v) is 8.79. The highest BCUT2D eigenvalue weighted by molar-refractivity contribution is 6.30. The quantitative estimate of drug-likeness (QED) is 0.624. The topological polar surface area (TPSA) is 75.5 Å². The van der Waals surface area contributed by atoms with Gasteiger partial charge in [-0.25, -0.2) is 0 Å². The number of hydrogen-bond acceptors (Lipinski definition) is 4. The predicted molar refractivity (Wildman–Crippen MR) is 95.6 cm³/mol. The van der Waals surface area contributed by atoms with E-state index in [1.54, 1.807) is 12.1 Å². The fourth-order valence-corrected chi connectivity index (χ4v) is 3.35. The van der Waals surface area contributed by atoms with Gasteiger partial charge in [-0.3, -0.25) is 14.9 Å². The SMILES string of the molecule is CCCC(C)NC(=O)C1CCCN(c2ccc(Cl)cc2[N+](=O)[O-])C1. The van der Waals surface area contributed by atoms with Gasteiger partial charge in [-0.05, 0) is 38.3 Å². The molecule has 1 aromatic rings. The molecule has 1 N–H and O–H groups in total. The summed E-state index contributed by atoms with van der Waals surface area (Å²) in [5, 5.41) is 14.7. The fourth-order valence-electron chi connectivity index (χ4n) is 3.19. The second-order valence-electron chi connectivity index (χ2n) is 6.37. The van der Waals surface area contributed by atoms with E-state index in [0.717, 1.165) is 25.7 Å². The van der Waals surface area contributed by atoms with Gasteiger partial charge in [0.2, 0.25) is 5.91 Å². The van der Waals surface area contributed by atoms with Crippen LogP contribution in [0.15, 0.2) is 18.2 Å². The number of piperidine rings is 1. The number of benzene rings is 1. The molecular weight excluding hydrogens is 330 g/mol. The third kappa shape index (κ3) is 4.60. The van der Waals surface area contributed by atoms with Crippen LogP contribution in [0.1, 0.15) is 39.5 Å². The van der Waals surface area contributed by atoms with E-state index in [4.69, 9.17) is 11.6 Å². The standard InChI is InChI=1S/C17H24ClN3O3/c1-3-5-12(2)19-17(22)13-6-4-9-20(11-13)15-8-7-14(18)10-16(15)21(23)24/h7-8,10,12-13H,3-6,9,11H2,1-2H3,(H,19,22). The molecule has 1 aliphatic rings. The molecule has 0 spiro atoms. The van der Waals surface area contributed by atoms with Crippen LogP contribution in [0.2, 0.25) is 5.02 Å². The van der Waals surface area contributed by atoms with Gasteiger partial charge in [-0.1, -0.05) is 24.9 Å². The third-order valence-electron chi connectivity index (χ3n) is 4.38. The third-order valence-corrected chi connectivity index (χ3v) is 4.61. The van der Waals surface area contributed by atoms with Gasteiger partial charge in [0.25, 0.3) is 5.69 Å². The molecule has 24 heavy (non-hydrogen) atoms. The summed E-state index contributed by atoms with van der Waals surface area (Å²) in [4.78, 5) is 25.2. The Labute approximate surface area is 147 Å². The fraction of sp³-hybridized carbons (Fsp3) is 0.588. The van der Waals surface area contributed by atoms with Crippen molar-refractivity contribution in [1.29, 1.82) is 0 Å².